The van der Waals surface area contributed by atoms with Crippen molar-refractivity contribution in [1.29, 1.82) is 0 Å². The van der Waals surface area contributed by atoms with Crippen molar-refractivity contribution >= 4 is 17.7 Å². The number of carbonyl (C=O) groups excluding carboxylic acids is 1. The smallest absolute Gasteiger partial charge is 0.256 e. The highest BCUT2D eigenvalue weighted by Gasteiger charge is 2.21. The third kappa shape index (κ3) is 5.83. The lowest BCUT2D eigenvalue weighted by molar-refractivity contribution is -0.118. The summed E-state index contributed by atoms with van der Waals surface area (Å²) in [5.74, 6) is -0.182. The Balaban J connectivity index is 1.31. The average Bonchev–Trinajstić information content (AvgIpc) is 2.79. The number of carbonyl (C=O) groups is 1. The van der Waals surface area contributed by atoms with Gasteiger partial charge in [0.1, 0.15) is 5.82 Å². The fourth-order valence-electron chi connectivity index (χ4n) is 3.60. The lowest BCUT2D eigenvalue weighted by Gasteiger charge is -2.27. The minimum absolute atomic E-state index is 0.110. The topological polar surface area (TPSA) is 78.1 Å². The minimum atomic E-state index is -0.257. The van der Waals surface area contributed by atoms with Gasteiger partial charge in [-0.3, -0.25) is 14.5 Å². The van der Waals surface area contributed by atoms with Gasteiger partial charge in [-0.25, -0.2) is 9.37 Å². The average molecular weight is 453 g/mol. The Hall–Kier alpha value is -2.97. The van der Waals surface area contributed by atoms with Crippen LogP contribution in [0, 0.1) is 12.7 Å². The molecule has 2 heterocycles. The molecule has 0 fully saturated rings. The van der Waals surface area contributed by atoms with Crippen molar-refractivity contribution in [2.45, 2.75) is 38.1 Å². The van der Waals surface area contributed by atoms with Gasteiger partial charge in [0.05, 0.1) is 17.0 Å². The Morgan fingerprint density at radius 3 is 2.62 bits per heavy atom. The highest BCUT2D eigenvalue weighted by atomic mass is 32.2. The molecular formula is C24H25FN4O2S. The largest absolute Gasteiger partial charge is 0.351 e. The monoisotopic (exact) mass is 452 g/mol. The van der Waals surface area contributed by atoms with Gasteiger partial charge < -0.3 is 10.3 Å². The number of nitrogens with one attached hydrogen (secondary N) is 2. The molecule has 32 heavy (non-hydrogen) atoms. The van der Waals surface area contributed by atoms with E-state index < -0.39 is 0 Å². The van der Waals surface area contributed by atoms with Crippen LogP contribution in [0.5, 0.6) is 0 Å². The van der Waals surface area contributed by atoms with Crippen molar-refractivity contribution in [3.05, 3.63) is 92.6 Å². The number of halogens is 1. The zero-order valence-electron chi connectivity index (χ0n) is 17.9. The van der Waals surface area contributed by atoms with Crippen LogP contribution in [-0.2, 0) is 30.8 Å². The van der Waals surface area contributed by atoms with Gasteiger partial charge in [0.25, 0.3) is 5.56 Å². The van der Waals surface area contributed by atoms with Gasteiger partial charge in [-0.15, -0.1) is 0 Å². The van der Waals surface area contributed by atoms with E-state index in [0.29, 0.717) is 36.8 Å². The summed E-state index contributed by atoms with van der Waals surface area (Å²) in [6, 6.07) is 14.4. The van der Waals surface area contributed by atoms with E-state index in [4.69, 9.17) is 0 Å². The zero-order valence-corrected chi connectivity index (χ0v) is 18.7. The summed E-state index contributed by atoms with van der Waals surface area (Å²) < 4.78 is 13.1. The van der Waals surface area contributed by atoms with Crippen molar-refractivity contribution in [3.63, 3.8) is 0 Å². The fraction of sp³-hybridized carbons (Fsp3) is 0.292. The van der Waals surface area contributed by atoms with Crippen LogP contribution in [0.1, 0.15) is 27.9 Å². The van der Waals surface area contributed by atoms with E-state index in [0.717, 1.165) is 23.4 Å². The summed E-state index contributed by atoms with van der Waals surface area (Å²) >= 11 is 1.23. The second-order valence-corrected chi connectivity index (χ2v) is 8.90. The third-order valence-electron chi connectivity index (χ3n) is 5.40. The molecule has 0 atom stereocenters. The maximum Gasteiger partial charge on any atom is 0.256 e. The van der Waals surface area contributed by atoms with Crippen LogP contribution in [-0.4, -0.2) is 33.1 Å². The molecule has 8 heteroatoms. The first-order valence-corrected chi connectivity index (χ1v) is 11.5. The minimum Gasteiger partial charge on any atom is -0.351 e. The molecule has 0 saturated carbocycles. The quantitative estimate of drug-likeness (QED) is 0.425. The van der Waals surface area contributed by atoms with Crippen molar-refractivity contribution in [3.8, 4) is 0 Å². The van der Waals surface area contributed by atoms with Crippen LogP contribution < -0.4 is 10.9 Å². The van der Waals surface area contributed by atoms with Crippen LogP contribution in [0.4, 0.5) is 4.39 Å². The van der Waals surface area contributed by atoms with Crippen molar-refractivity contribution in [2.75, 3.05) is 12.3 Å². The molecule has 0 radical (unpaired) electrons. The number of rotatable bonds is 7. The first kappa shape index (κ1) is 22.2. The highest BCUT2D eigenvalue weighted by Crippen LogP contribution is 2.19. The molecule has 2 aromatic carbocycles. The Morgan fingerprint density at radius 1 is 1.16 bits per heavy atom. The zero-order chi connectivity index (χ0) is 22.5. The first-order valence-electron chi connectivity index (χ1n) is 10.5. The molecule has 0 bridgehead atoms. The Bertz CT molecular complexity index is 1150. The summed E-state index contributed by atoms with van der Waals surface area (Å²) in [6.07, 6.45) is 0.660. The van der Waals surface area contributed by atoms with Crippen LogP contribution >= 0.6 is 11.8 Å². The number of H-pyrrole nitrogens is 1. The van der Waals surface area contributed by atoms with Gasteiger partial charge in [0.15, 0.2) is 5.16 Å². The molecule has 0 unspecified atom stereocenters. The molecule has 6 nitrogen and oxygen atoms in total. The Labute approximate surface area is 190 Å². The number of aromatic amines is 1. The van der Waals surface area contributed by atoms with Crippen LogP contribution in [0.3, 0.4) is 0 Å². The number of nitrogens with zero attached hydrogens (tertiary/aromatic N) is 2. The maximum absolute atomic E-state index is 13.1. The second kappa shape index (κ2) is 10.1. The van der Waals surface area contributed by atoms with E-state index >= 15 is 0 Å². The molecule has 3 aromatic rings. The molecule has 0 spiro atoms. The molecular weight excluding hydrogens is 427 g/mol. The number of hydrogen-bond donors (Lipinski definition) is 2. The number of benzene rings is 2. The number of thioether (sulfide) groups is 1. The second-order valence-electron chi connectivity index (χ2n) is 7.93. The molecule has 4 rings (SSSR count). The van der Waals surface area contributed by atoms with Gasteiger partial charge in [-0.05, 0) is 30.2 Å². The van der Waals surface area contributed by atoms with E-state index in [9.17, 15) is 14.0 Å². The van der Waals surface area contributed by atoms with Gasteiger partial charge in [0, 0.05) is 32.6 Å². The van der Waals surface area contributed by atoms with Crippen LogP contribution in [0.2, 0.25) is 0 Å². The fourth-order valence-corrected chi connectivity index (χ4v) is 4.31. The summed E-state index contributed by atoms with van der Waals surface area (Å²) in [5.41, 5.74) is 4.50. The molecule has 166 valence electrons. The molecule has 0 saturated heterocycles. The van der Waals surface area contributed by atoms with Crippen LogP contribution in [0.15, 0.2) is 58.5 Å². The highest BCUT2D eigenvalue weighted by molar-refractivity contribution is 7.99. The summed E-state index contributed by atoms with van der Waals surface area (Å²) in [7, 11) is 0. The normalized spacial score (nSPS) is 13.6. The van der Waals surface area contributed by atoms with E-state index in [-0.39, 0.29) is 23.0 Å². The molecule has 2 N–H and O–H groups in total. The van der Waals surface area contributed by atoms with Gasteiger partial charge in [-0.1, -0.05) is 53.7 Å². The SMILES string of the molecule is Cc1ccc(CNC(=O)CSc2nc3c(c(=O)[nH]2)CN(Cc2ccc(F)cc2)CC3)cc1. The maximum atomic E-state index is 13.1. The van der Waals surface area contributed by atoms with Crippen molar-refractivity contribution in [1.82, 2.24) is 20.2 Å². The number of aryl methyl sites for hydroxylation is 1. The molecule has 0 aliphatic carbocycles. The van der Waals surface area contributed by atoms with Crippen LogP contribution in [0.25, 0.3) is 0 Å². The lowest BCUT2D eigenvalue weighted by Crippen LogP contribution is -2.35. The summed E-state index contributed by atoms with van der Waals surface area (Å²) in [5, 5.41) is 3.35. The lowest BCUT2D eigenvalue weighted by atomic mass is 10.1. The van der Waals surface area contributed by atoms with E-state index in [1.165, 1.54) is 29.5 Å². The van der Waals surface area contributed by atoms with Gasteiger partial charge >= 0.3 is 0 Å². The van der Waals surface area contributed by atoms with Crippen molar-refractivity contribution in [2.24, 2.45) is 0 Å². The summed E-state index contributed by atoms with van der Waals surface area (Å²) in [6.45, 7) is 4.40. The van der Waals surface area contributed by atoms with Gasteiger partial charge in [-0.2, -0.15) is 0 Å². The van der Waals surface area contributed by atoms with Gasteiger partial charge in [0.2, 0.25) is 5.91 Å². The number of aromatic nitrogens is 2. The van der Waals surface area contributed by atoms with E-state index in [1.807, 2.05) is 31.2 Å². The Kier molecular flexibility index (Phi) is 7.02. The summed E-state index contributed by atoms with van der Waals surface area (Å²) in [4.78, 5) is 34.3. The molecule has 1 amide bonds. The predicted molar refractivity (Wildman–Crippen MR) is 123 cm³/mol. The predicted octanol–water partition coefficient (Wildman–Crippen LogP) is 3.18. The first-order chi connectivity index (χ1) is 15.5. The molecule has 1 aliphatic heterocycles. The number of fused-ring (bicyclic) bond motifs is 1. The van der Waals surface area contributed by atoms with Crippen molar-refractivity contribution < 1.29 is 9.18 Å². The molecule has 1 aliphatic rings. The number of amides is 1. The number of hydrogen-bond acceptors (Lipinski definition) is 5. The molecule has 1 aromatic heterocycles. The third-order valence-corrected chi connectivity index (χ3v) is 6.27. The standard InChI is InChI=1S/C24H25FN4O2S/c1-16-2-4-17(5-3-16)12-26-22(30)15-32-24-27-21-10-11-29(14-20(21)23(31)28-24)13-18-6-8-19(25)9-7-18/h2-9H,10-15H2,1H3,(H,26,30)(H,27,28,31). The van der Waals surface area contributed by atoms with E-state index in [1.54, 1.807) is 12.1 Å². The Morgan fingerprint density at radius 2 is 1.88 bits per heavy atom. The van der Waals surface area contributed by atoms with E-state index in [2.05, 4.69) is 20.2 Å².